The molecule has 1 atom stereocenters. The number of hydrogen-bond acceptors (Lipinski definition) is 3. The second-order valence-corrected chi connectivity index (χ2v) is 13.9. The van der Waals surface area contributed by atoms with Crippen molar-refractivity contribution in [3.8, 4) is 11.4 Å². The highest BCUT2D eigenvalue weighted by Gasteiger charge is 2.31. The minimum absolute atomic E-state index is 0.113. The summed E-state index contributed by atoms with van der Waals surface area (Å²) in [5, 5.41) is 0. The average molecular weight is 549 g/mol. The van der Waals surface area contributed by atoms with Gasteiger partial charge in [-0.05, 0) is 46.9 Å². The molecule has 0 saturated carbocycles. The summed E-state index contributed by atoms with van der Waals surface area (Å²) in [7, 11) is 0. The summed E-state index contributed by atoms with van der Waals surface area (Å²) in [5.41, 5.74) is 9.24. The Morgan fingerprint density at radius 2 is 1.20 bits per heavy atom. The van der Waals surface area contributed by atoms with Crippen molar-refractivity contribution >= 4 is 0 Å². The molecule has 0 amide bonds. The van der Waals surface area contributed by atoms with Crippen molar-refractivity contribution in [3.05, 3.63) is 113 Å². The second kappa shape index (κ2) is 11.6. The molecule has 0 bridgehead atoms. The Hall–Kier alpha value is -3.21. The van der Waals surface area contributed by atoms with E-state index >= 15 is 0 Å². The third kappa shape index (κ3) is 6.50. The van der Waals surface area contributed by atoms with Gasteiger partial charge in [0.25, 0.3) is 0 Å². The molecule has 4 heteroatoms. The number of piperazine rings is 1. The summed E-state index contributed by atoms with van der Waals surface area (Å²) in [6.45, 7) is 22.4. The second-order valence-electron chi connectivity index (χ2n) is 13.9. The summed E-state index contributed by atoms with van der Waals surface area (Å²) < 4.78 is 0. The number of aryl methyl sites for hydroxylation is 1. The van der Waals surface area contributed by atoms with E-state index in [0.717, 1.165) is 49.0 Å². The average Bonchev–Trinajstić information content (AvgIpc) is 3.34. The highest BCUT2D eigenvalue weighted by Crippen LogP contribution is 2.36. The summed E-state index contributed by atoms with van der Waals surface area (Å²) in [6, 6.07) is 29.5. The number of aromatic nitrogens is 2. The van der Waals surface area contributed by atoms with Crippen molar-refractivity contribution in [2.45, 2.75) is 78.3 Å². The van der Waals surface area contributed by atoms with Crippen LogP contribution in [0, 0.1) is 6.92 Å². The first-order valence-electron chi connectivity index (χ1n) is 15.2. The molecular weight excluding hydrogens is 500 g/mol. The monoisotopic (exact) mass is 548 g/mol. The third-order valence-corrected chi connectivity index (χ3v) is 8.76. The minimum Gasteiger partial charge on any atom is -0.342 e. The van der Waals surface area contributed by atoms with E-state index in [4.69, 9.17) is 4.98 Å². The van der Waals surface area contributed by atoms with E-state index in [1.54, 1.807) is 0 Å². The molecule has 0 aliphatic carbocycles. The molecule has 1 aliphatic rings. The number of imidazole rings is 1. The van der Waals surface area contributed by atoms with Crippen LogP contribution in [0.2, 0.25) is 0 Å². The smallest absolute Gasteiger partial charge is 0.137 e. The molecule has 4 aromatic rings. The molecule has 1 saturated heterocycles. The van der Waals surface area contributed by atoms with Crippen LogP contribution in [0.25, 0.3) is 11.4 Å². The highest BCUT2D eigenvalue weighted by molar-refractivity contribution is 5.55. The number of H-pyrrole nitrogens is 1. The summed E-state index contributed by atoms with van der Waals surface area (Å²) in [5.74, 6) is 0.959. The number of nitrogens with zero attached hydrogens (tertiary/aromatic N) is 3. The molecule has 3 aromatic carbocycles. The van der Waals surface area contributed by atoms with Gasteiger partial charge in [-0.3, -0.25) is 9.80 Å². The first kappa shape index (κ1) is 29.3. The highest BCUT2D eigenvalue weighted by atomic mass is 15.3. The van der Waals surface area contributed by atoms with Gasteiger partial charge in [0.2, 0.25) is 0 Å². The number of hydrogen-bond donors (Lipinski definition) is 1. The Morgan fingerprint density at radius 3 is 1.71 bits per heavy atom. The van der Waals surface area contributed by atoms with Crippen molar-refractivity contribution < 1.29 is 0 Å². The first-order valence-corrected chi connectivity index (χ1v) is 15.2. The zero-order valence-corrected chi connectivity index (χ0v) is 26.3. The molecule has 1 N–H and O–H groups in total. The number of nitrogens with one attached hydrogen (secondary N) is 1. The molecular formula is C37H48N4. The Bertz CT molecular complexity index is 1390. The normalized spacial score (nSPS) is 16.3. The molecule has 1 unspecified atom stereocenters. The fourth-order valence-electron chi connectivity index (χ4n) is 6.13. The van der Waals surface area contributed by atoms with E-state index in [1.165, 1.54) is 22.3 Å². The predicted molar refractivity (Wildman–Crippen MR) is 172 cm³/mol. The fraction of sp³-hybridized carbons (Fsp3) is 0.432. The van der Waals surface area contributed by atoms with Crippen LogP contribution in [-0.2, 0) is 10.8 Å². The van der Waals surface area contributed by atoms with Crippen LogP contribution in [-0.4, -0.2) is 45.9 Å². The molecule has 0 radical (unpaired) electrons. The van der Waals surface area contributed by atoms with E-state index in [1.807, 2.05) is 6.07 Å². The van der Waals surface area contributed by atoms with Crippen molar-refractivity contribution in [2.75, 3.05) is 26.2 Å². The summed E-state index contributed by atoms with van der Waals surface area (Å²) in [6.07, 6.45) is 0. The SMILES string of the molecule is Cc1[nH]c(-c2ccccc2)nc1C(C)N1CCN(C(c2cccc(C(C)(C)C)c2)c2cccc(C(C)(C)C)c2)CC1. The van der Waals surface area contributed by atoms with Crippen molar-refractivity contribution in [1.82, 2.24) is 19.8 Å². The van der Waals surface area contributed by atoms with Gasteiger partial charge in [-0.2, -0.15) is 0 Å². The molecule has 0 spiro atoms. The van der Waals surface area contributed by atoms with Crippen molar-refractivity contribution in [1.29, 1.82) is 0 Å². The molecule has 216 valence electrons. The number of benzene rings is 3. The topological polar surface area (TPSA) is 35.2 Å². The lowest BCUT2D eigenvalue weighted by Crippen LogP contribution is -2.48. The van der Waals surface area contributed by atoms with Crippen LogP contribution in [0.15, 0.2) is 78.9 Å². The van der Waals surface area contributed by atoms with E-state index in [0.29, 0.717) is 0 Å². The van der Waals surface area contributed by atoms with Gasteiger partial charge in [0, 0.05) is 37.4 Å². The molecule has 1 fully saturated rings. The lowest BCUT2D eigenvalue weighted by molar-refractivity contribution is 0.0825. The van der Waals surface area contributed by atoms with E-state index in [9.17, 15) is 0 Å². The maximum atomic E-state index is 5.06. The zero-order chi connectivity index (χ0) is 29.4. The maximum Gasteiger partial charge on any atom is 0.137 e. The van der Waals surface area contributed by atoms with Crippen LogP contribution in [0.3, 0.4) is 0 Å². The number of rotatable bonds is 6. The van der Waals surface area contributed by atoms with Gasteiger partial charge in [-0.1, -0.05) is 120 Å². The van der Waals surface area contributed by atoms with Gasteiger partial charge < -0.3 is 4.98 Å². The lowest BCUT2D eigenvalue weighted by Gasteiger charge is -2.42. The lowest BCUT2D eigenvalue weighted by atomic mass is 9.82. The Kier molecular flexibility index (Phi) is 8.27. The molecule has 1 aliphatic heterocycles. The van der Waals surface area contributed by atoms with Gasteiger partial charge in [0.05, 0.1) is 17.8 Å². The van der Waals surface area contributed by atoms with Gasteiger partial charge in [0.1, 0.15) is 5.82 Å². The van der Waals surface area contributed by atoms with Crippen LogP contribution >= 0.6 is 0 Å². The van der Waals surface area contributed by atoms with Gasteiger partial charge in [-0.25, -0.2) is 4.98 Å². The van der Waals surface area contributed by atoms with E-state index < -0.39 is 0 Å². The minimum atomic E-state index is 0.113. The Balaban J connectivity index is 1.40. The molecule has 41 heavy (non-hydrogen) atoms. The van der Waals surface area contributed by atoms with E-state index in [-0.39, 0.29) is 22.9 Å². The standard InChI is InChI=1S/C37H48N4/c1-26-33(39-35(38-26)28-14-10-9-11-15-28)27(2)40-20-22-41(23-21-40)34(29-16-12-18-31(24-29)36(3,4)5)30-17-13-19-32(25-30)37(6,7)8/h9-19,24-25,27,34H,20-23H2,1-8H3,(H,38,39). The predicted octanol–water partition coefficient (Wildman–Crippen LogP) is 8.45. The molecule has 4 nitrogen and oxygen atoms in total. The largest absolute Gasteiger partial charge is 0.342 e. The Morgan fingerprint density at radius 1 is 0.683 bits per heavy atom. The molecule has 5 rings (SSSR count). The summed E-state index contributed by atoms with van der Waals surface area (Å²) >= 11 is 0. The molecule has 1 aromatic heterocycles. The van der Waals surface area contributed by atoms with Gasteiger partial charge in [-0.15, -0.1) is 0 Å². The van der Waals surface area contributed by atoms with Crippen LogP contribution in [0.5, 0.6) is 0 Å². The van der Waals surface area contributed by atoms with Gasteiger partial charge >= 0.3 is 0 Å². The van der Waals surface area contributed by atoms with E-state index in [2.05, 4.69) is 143 Å². The van der Waals surface area contributed by atoms with Crippen molar-refractivity contribution in [3.63, 3.8) is 0 Å². The van der Waals surface area contributed by atoms with Crippen LogP contribution in [0.1, 0.15) is 94.2 Å². The Labute approximate surface area is 247 Å². The first-order chi connectivity index (χ1) is 19.4. The number of aromatic amines is 1. The quantitative estimate of drug-likeness (QED) is 0.263. The summed E-state index contributed by atoms with van der Waals surface area (Å²) in [4.78, 5) is 13.9. The fourth-order valence-corrected chi connectivity index (χ4v) is 6.13. The zero-order valence-electron chi connectivity index (χ0n) is 26.3. The van der Waals surface area contributed by atoms with Crippen LogP contribution < -0.4 is 0 Å². The maximum absolute atomic E-state index is 5.06. The third-order valence-electron chi connectivity index (χ3n) is 8.76. The van der Waals surface area contributed by atoms with Crippen LogP contribution in [0.4, 0.5) is 0 Å². The molecule has 2 heterocycles. The van der Waals surface area contributed by atoms with Crippen molar-refractivity contribution in [2.24, 2.45) is 0 Å². The van der Waals surface area contributed by atoms with Gasteiger partial charge in [0.15, 0.2) is 0 Å².